The van der Waals surface area contributed by atoms with Crippen molar-refractivity contribution in [2.75, 3.05) is 0 Å². The molecule has 0 spiro atoms. The van der Waals surface area contributed by atoms with Gasteiger partial charge >= 0.3 is 6.18 Å². The number of nitrogens with one attached hydrogen (secondary N) is 1. The molecule has 0 saturated heterocycles. The number of benzene rings is 3. The number of nitrogens with zero attached hydrogens (tertiary/aromatic N) is 4. The third-order valence-electron chi connectivity index (χ3n) is 7.73. The Kier molecular flexibility index (Phi) is 6.66. The van der Waals surface area contributed by atoms with Crippen LogP contribution in [0.4, 0.5) is 17.6 Å². The Morgan fingerprint density at radius 1 is 1.07 bits per heavy atom. The van der Waals surface area contributed by atoms with Crippen LogP contribution >= 0.6 is 0 Å². The van der Waals surface area contributed by atoms with Gasteiger partial charge in [0.25, 0.3) is 0 Å². The molecule has 5 aromatic rings. The number of aromatic nitrogens is 4. The van der Waals surface area contributed by atoms with Gasteiger partial charge in [-0.2, -0.15) is 13.2 Å². The van der Waals surface area contributed by atoms with E-state index in [1.807, 2.05) is 30.3 Å². The first kappa shape index (κ1) is 26.2. The van der Waals surface area contributed by atoms with Gasteiger partial charge in [-0.25, -0.2) is 9.37 Å². The van der Waals surface area contributed by atoms with Crippen LogP contribution in [0.1, 0.15) is 37.3 Å². The molecule has 0 amide bonds. The van der Waals surface area contributed by atoms with E-state index in [4.69, 9.17) is 4.42 Å². The summed E-state index contributed by atoms with van der Waals surface area (Å²) in [4.78, 5) is 4.41. The van der Waals surface area contributed by atoms with Crippen LogP contribution in [0.2, 0.25) is 0 Å². The molecule has 1 aliphatic carbocycles. The average molecular weight is 550 g/mol. The Hall–Kier alpha value is -4.05. The van der Waals surface area contributed by atoms with Crippen molar-refractivity contribution in [3.8, 4) is 34.0 Å². The molecule has 1 N–H and O–H groups in total. The lowest BCUT2D eigenvalue weighted by molar-refractivity contribution is -0.136. The lowest BCUT2D eigenvalue weighted by Crippen LogP contribution is -2.36. The van der Waals surface area contributed by atoms with Gasteiger partial charge in [-0.3, -0.25) is 0 Å². The minimum Gasteiger partial charge on any atom is -0.435 e. The highest BCUT2D eigenvalue weighted by molar-refractivity contribution is 5.92. The second-order valence-corrected chi connectivity index (χ2v) is 10.3. The van der Waals surface area contributed by atoms with E-state index >= 15 is 4.39 Å². The number of fused-ring (bicyclic) bond motifs is 1. The van der Waals surface area contributed by atoms with Gasteiger partial charge in [0, 0.05) is 25.2 Å². The lowest BCUT2D eigenvalue weighted by Gasteiger charge is -2.32. The largest absolute Gasteiger partial charge is 0.435 e. The van der Waals surface area contributed by atoms with Gasteiger partial charge in [-0.15, -0.1) is 10.2 Å². The summed E-state index contributed by atoms with van der Waals surface area (Å²) in [5, 5.41) is 11.5. The molecule has 1 fully saturated rings. The molecule has 2 aromatic heterocycles. The maximum Gasteiger partial charge on any atom is 0.420 e. The highest BCUT2D eigenvalue weighted by Crippen LogP contribution is 2.43. The number of oxazole rings is 1. The van der Waals surface area contributed by atoms with Crippen molar-refractivity contribution in [3.05, 3.63) is 77.9 Å². The van der Waals surface area contributed by atoms with Gasteiger partial charge in [-0.1, -0.05) is 42.8 Å². The van der Waals surface area contributed by atoms with E-state index < -0.39 is 23.1 Å². The molecule has 6 nitrogen and oxygen atoms in total. The Labute approximate surface area is 228 Å². The smallest absolute Gasteiger partial charge is 0.420 e. The van der Waals surface area contributed by atoms with Gasteiger partial charge in [0.2, 0.25) is 5.89 Å². The fourth-order valence-electron chi connectivity index (χ4n) is 5.28. The minimum absolute atomic E-state index is 0.00588. The number of halogens is 4. The number of rotatable bonds is 7. The Balaban J connectivity index is 1.52. The Morgan fingerprint density at radius 2 is 1.85 bits per heavy atom. The fourth-order valence-corrected chi connectivity index (χ4v) is 5.28. The molecular weight excluding hydrogens is 522 g/mol. The van der Waals surface area contributed by atoms with Crippen molar-refractivity contribution in [2.45, 2.75) is 44.9 Å². The van der Waals surface area contributed by atoms with Crippen LogP contribution in [0.25, 0.3) is 45.1 Å². The molecule has 2 heterocycles. The maximum absolute atomic E-state index is 15.6. The first-order chi connectivity index (χ1) is 19.2. The first-order valence-electron chi connectivity index (χ1n) is 13.2. The van der Waals surface area contributed by atoms with Gasteiger partial charge < -0.3 is 14.3 Å². The summed E-state index contributed by atoms with van der Waals surface area (Å²) in [5.41, 5.74) is 0.666. The molecule has 0 bridgehead atoms. The Morgan fingerprint density at radius 3 is 2.50 bits per heavy atom. The third-order valence-corrected chi connectivity index (χ3v) is 7.73. The molecule has 0 aliphatic heterocycles. The lowest BCUT2D eigenvalue weighted by atomic mass is 9.80. The maximum atomic E-state index is 15.6. The number of alkyl halides is 3. The summed E-state index contributed by atoms with van der Waals surface area (Å²) in [6, 6.07) is 15.0. The van der Waals surface area contributed by atoms with Crippen LogP contribution in [0.15, 0.2) is 65.3 Å². The summed E-state index contributed by atoms with van der Waals surface area (Å²) in [6.07, 6.45) is 0.198. The summed E-state index contributed by atoms with van der Waals surface area (Å²) >= 11 is 0. The van der Waals surface area contributed by atoms with Gasteiger partial charge in [-0.05, 0) is 60.6 Å². The second kappa shape index (κ2) is 10.2. The zero-order valence-electron chi connectivity index (χ0n) is 22.0. The van der Waals surface area contributed by atoms with E-state index in [1.165, 1.54) is 18.8 Å². The number of aryl methyl sites for hydroxylation is 1. The molecule has 0 radical (unpaired) electrons. The van der Waals surface area contributed by atoms with E-state index in [9.17, 15) is 13.2 Å². The first-order valence-corrected chi connectivity index (χ1v) is 13.2. The summed E-state index contributed by atoms with van der Waals surface area (Å²) in [6.45, 7) is 2.30. The van der Waals surface area contributed by atoms with Crippen molar-refractivity contribution in [1.82, 2.24) is 25.1 Å². The van der Waals surface area contributed by atoms with Crippen molar-refractivity contribution in [1.29, 1.82) is 0 Å². The van der Waals surface area contributed by atoms with Gasteiger partial charge in [0.15, 0.2) is 11.4 Å². The van der Waals surface area contributed by atoms with Crippen molar-refractivity contribution in [2.24, 2.45) is 13.0 Å². The van der Waals surface area contributed by atoms with E-state index in [1.54, 1.807) is 23.7 Å². The summed E-state index contributed by atoms with van der Waals surface area (Å²) in [7, 11) is 1.70. The van der Waals surface area contributed by atoms with Crippen LogP contribution < -0.4 is 5.32 Å². The molecule has 10 heteroatoms. The SMILES string of the molecule is C[C@H](NCc1cc(C(F)(F)F)c2oc(-c3c(F)ccc(-c4ccccc4)c3-c3nncn3C)nc2c1)C1CCC1. The molecule has 1 atom stereocenters. The molecule has 6 rings (SSSR count). The monoisotopic (exact) mass is 549 g/mol. The zero-order valence-corrected chi connectivity index (χ0v) is 22.0. The quantitative estimate of drug-likeness (QED) is 0.214. The number of hydrogen-bond donors (Lipinski definition) is 1. The molecule has 3 aromatic carbocycles. The molecular formula is C30H27F4N5O. The highest BCUT2D eigenvalue weighted by Gasteiger charge is 2.36. The standard InChI is InChI=1S/C30H27F4N5O/c1-17(19-9-6-10-19)35-15-18-13-22(30(32,33)34)27-24(14-18)37-29(40-27)26-23(31)12-11-21(20-7-4-3-5-8-20)25(26)28-38-36-16-39(28)2/h3-5,7-8,11-14,16-17,19,35H,6,9-10,15H2,1-2H3/t17-/m0/s1. The third kappa shape index (κ3) is 4.77. The molecule has 206 valence electrons. The highest BCUT2D eigenvalue weighted by atomic mass is 19.4. The van der Waals surface area contributed by atoms with E-state index in [2.05, 4.69) is 27.4 Å². The minimum atomic E-state index is -4.69. The topological polar surface area (TPSA) is 68.8 Å². The summed E-state index contributed by atoms with van der Waals surface area (Å²) < 4.78 is 65.7. The normalized spacial score (nSPS) is 14.9. The molecule has 0 unspecified atom stereocenters. The Bertz CT molecular complexity index is 1670. The predicted octanol–water partition coefficient (Wildman–Crippen LogP) is 7.39. The predicted molar refractivity (Wildman–Crippen MR) is 143 cm³/mol. The summed E-state index contributed by atoms with van der Waals surface area (Å²) in [5.74, 6) is -0.111. The van der Waals surface area contributed by atoms with Crippen LogP contribution in [0.3, 0.4) is 0 Å². The fraction of sp³-hybridized carbons (Fsp3) is 0.300. The number of hydrogen-bond acceptors (Lipinski definition) is 5. The van der Waals surface area contributed by atoms with E-state index in [0.29, 0.717) is 28.4 Å². The molecule has 40 heavy (non-hydrogen) atoms. The van der Waals surface area contributed by atoms with Crippen LogP contribution in [-0.4, -0.2) is 25.8 Å². The average Bonchev–Trinajstić information content (AvgIpc) is 3.51. The molecule has 1 aliphatic rings. The van der Waals surface area contributed by atoms with E-state index in [0.717, 1.165) is 24.5 Å². The van der Waals surface area contributed by atoms with Crippen molar-refractivity contribution >= 4 is 11.1 Å². The zero-order chi connectivity index (χ0) is 28.0. The van der Waals surface area contributed by atoms with Crippen molar-refractivity contribution in [3.63, 3.8) is 0 Å². The van der Waals surface area contributed by atoms with Crippen LogP contribution in [0.5, 0.6) is 0 Å². The van der Waals surface area contributed by atoms with Crippen LogP contribution in [-0.2, 0) is 19.8 Å². The second-order valence-electron chi connectivity index (χ2n) is 10.3. The van der Waals surface area contributed by atoms with E-state index in [-0.39, 0.29) is 29.6 Å². The van der Waals surface area contributed by atoms with Crippen LogP contribution in [0, 0.1) is 11.7 Å². The molecule has 1 saturated carbocycles. The van der Waals surface area contributed by atoms with Gasteiger partial charge in [0.05, 0.1) is 5.56 Å². The van der Waals surface area contributed by atoms with Crippen molar-refractivity contribution < 1.29 is 22.0 Å². The van der Waals surface area contributed by atoms with Gasteiger partial charge in [0.1, 0.15) is 23.2 Å².